The van der Waals surface area contributed by atoms with Crippen LogP contribution < -0.4 is 5.32 Å². The van der Waals surface area contributed by atoms with Crippen LogP contribution in [0.4, 0.5) is 0 Å². The molecule has 1 unspecified atom stereocenters. The summed E-state index contributed by atoms with van der Waals surface area (Å²) < 4.78 is 3.23. The predicted octanol–water partition coefficient (Wildman–Crippen LogP) is 3.48. The van der Waals surface area contributed by atoms with Crippen molar-refractivity contribution in [3.05, 3.63) is 24.3 Å². The van der Waals surface area contributed by atoms with E-state index in [-0.39, 0.29) is 11.2 Å². The number of fused-ring (bicyclic) bond motifs is 3. The molecule has 1 fully saturated rings. The molecule has 2 aromatic heterocycles. The second-order valence-electron chi connectivity index (χ2n) is 5.92. The Hall–Kier alpha value is -1.60. The van der Waals surface area contributed by atoms with Crippen LogP contribution >= 0.6 is 23.1 Å². The molecule has 1 saturated carbocycles. The fourth-order valence-corrected chi connectivity index (χ4v) is 4.92. The Bertz CT molecular complexity index is 850. The molecule has 0 spiro atoms. The molecule has 5 nitrogen and oxygen atoms in total. The average molecular weight is 346 g/mol. The third-order valence-electron chi connectivity index (χ3n) is 4.26. The maximum atomic E-state index is 12.4. The van der Waals surface area contributed by atoms with Crippen molar-refractivity contribution >= 4 is 44.2 Å². The molecule has 0 bridgehead atoms. The van der Waals surface area contributed by atoms with Gasteiger partial charge in [-0.2, -0.15) is 0 Å². The van der Waals surface area contributed by atoms with E-state index in [4.69, 9.17) is 0 Å². The largest absolute Gasteiger partial charge is 0.352 e. The molecule has 2 heterocycles. The summed E-state index contributed by atoms with van der Waals surface area (Å²) in [5.74, 6) is 0.0955. The summed E-state index contributed by atoms with van der Waals surface area (Å²) in [4.78, 5) is 13.2. The molecule has 1 aromatic carbocycles. The van der Waals surface area contributed by atoms with Gasteiger partial charge in [0, 0.05) is 6.04 Å². The van der Waals surface area contributed by atoms with Gasteiger partial charge >= 0.3 is 0 Å². The van der Waals surface area contributed by atoms with Crippen LogP contribution in [0.5, 0.6) is 0 Å². The number of aromatic nitrogens is 3. The van der Waals surface area contributed by atoms with E-state index in [0.29, 0.717) is 6.04 Å². The zero-order valence-electron chi connectivity index (χ0n) is 12.9. The Morgan fingerprint density at radius 3 is 2.96 bits per heavy atom. The number of hydrogen-bond donors (Lipinski definition) is 1. The lowest BCUT2D eigenvalue weighted by Crippen LogP contribution is -2.37. The highest BCUT2D eigenvalue weighted by molar-refractivity contribution is 8.00. The van der Waals surface area contributed by atoms with Crippen LogP contribution in [-0.4, -0.2) is 31.8 Å². The molecule has 120 valence electrons. The second kappa shape index (κ2) is 6.13. The van der Waals surface area contributed by atoms with Crippen LogP contribution in [0.1, 0.15) is 32.6 Å². The molecule has 4 rings (SSSR count). The molecule has 7 heteroatoms. The Labute approximate surface area is 142 Å². The van der Waals surface area contributed by atoms with Crippen LogP contribution in [0.25, 0.3) is 15.2 Å². The summed E-state index contributed by atoms with van der Waals surface area (Å²) in [7, 11) is 0. The predicted molar refractivity (Wildman–Crippen MR) is 94.1 cm³/mol. The van der Waals surface area contributed by atoms with Crippen molar-refractivity contribution in [3.63, 3.8) is 0 Å². The van der Waals surface area contributed by atoms with Gasteiger partial charge in [-0.15, -0.1) is 10.2 Å². The van der Waals surface area contributed by atoms with Crippen molar-refractivity contribution in [2.75, 3.05) is 0 Å². The first-order chi connectivity index (χ1) is 11.2. The summed E-state index contributed by atoms with van der Waals surface area (Å²) in [6.07, 6.45) is 4.65. The first-order valence-electron chi connectivity index (χ1n) is 7.92. The topological polar surface area (TPSA) is 59.3 Å². The number of hydrogen-bond acceptors (Lipinski definition) is 5. The van der Waals surface area contributed by atoms with E-state index >= 15 is 0 Å². The highest BCUT2D eigenvalue weighted by Crippen LogP contribution is 2.31. The number of thiazole rings is 1. The number of carbonyl (C=O) groups is 1. The Morgan fingerprint density at radius 2 is 2.13 bits per heavy atom. The first-order valence-corrected chi connectivity index (χ1v) is 9.61. The summed E-state index contributed by atoms with van der Waals surface area (Å²) in [5.41, 5.74) is 1.10. The van der Waals surface area contributed by atoms with Gasteiger partial charge in [0.25, 0.3) is 0 Å². The quantitative estimate of drug-likeness (QED) is 0.735. The van der Waals surface area contributed by atoms with Crippen LogP contribution in [0.3, 0.4) is 0 Å². The van der Waals surface area contributed by atoms with Crippen LogP contribution in [-0.2, 0) is 4.79 Å². The van der Waals surface area contributed by atoms with E-state index in [1.807, 2.05) is 23.5 Å². The lowest BCUT2D eigenvalue weighted by Gasteiger charge is -2.15. The average Bonchev–Trinajstić information content (AvgIpc) is 3.24. The zero-order valence-corrected chi connectivity index (χ0v) is 14.5. The van der Waals surface area contributed by atoms with Crippen LogP contribution in [0.2, 0.25) is 0 Å². The summed E-state index contributed by atoms with van der Waals surface area (Å²) in [5, 5.41) is 12.3. The maximum Gasteiger partial charge on any atom is 0.233 e. The minimum atomic E-state index is -0.179. The molecule has 1 amide bonds. The van der Waals surface area contributed by atoms with Gasteiger partial charge in [-0.05, 0) is 31.9 Å². The van der Waals surface area contributed by atoms with Crippen molar-refractivity contribution in [1.29, 1.82) is 0 Å². The number of nitrogens with zero attached hydrogens (tertiary/aromatic N) is 3. The van der Waals surface area contributed by atoms with Gasteiger partial charge in [-0.25, -0.2) is 0 Å². The monoisotopic (exact) mass is 346 g/mol. The number of benzene rings is 1. The van der Waals surface area contributed by atoms with Crippen molar-refractivity contribution in [3.8, 4) is 0 Å². The molecule has 3 aromatic rings. The molecular weight excluding hydrogens is 328 g/mol. The van der Waals surface area contributed by atoms with E-state index in [1.165, 1.54) is 29.3 Å². The Kier molecular flexibility index (Phi) is 3.98. The number of thioether (sulfide) groups is 1. The van der Waals surface area contributed by atoms with Crippen molar-refractivity contribution in [1.82, 2.24) is 19.9 Å². The van der Waals surface area contributed by atoms with Crippen LogP contribution in [0, 0.1) is 0 Å². The van der Waals surface area contributed by atoms with E-state index in [0.717, 1.165) is 28.5 Å². The van der Waals surface area contributed by atoms with Gasteiger partial charge in [0.2, 0.25) is 10.9 Å². The fourth-order valence-electron chi connectivity index (χ4n) is 3.03. The molecular formula is C16H18N4OS2. The van der Waals surface area contributed by atoms with Crippen molar-refractivity contribution in [2.24, 2.45) is 0 Å². The van der Waals surface area contributed by atoms with Gasteiger partial charge in [0.1, 0.15) is 0 Å². The van der Waals surface area contributed by atoms with Gasteiger partial charge in [-0.1, -0.05) is 48.1 Å². The minimum Gasteiger partial charge on any atom is -0.352 e. The zero-order chi connectivity index (χ0) is 15.8. The van der Waals surface area contributed by atoms with Crippen LogP contribution in [0.15, 0.2) is 29.4 Å². The number of para-hydroxylation sites is 1. The van der Waals surface area contributed by atoms with Gasteiger partial charge < -0.3 is 5.32 Å². The van der Waals surface area contributed by atoms with Gasteiger partial charge in [0.15, 0.2) is 5.16 Å². The van der Waals surface area contributed by atoms with Crippen molar-refractivity contribution in [2.45, 2.75) is 49.1 Å². The number of nitrogens with one attached hydrogen (secondary N) is 1. The second-order valence-corrected chi connectivity index (χ2v) is 8.24. The molecule has 1 aliphatic rings. The third-order valence-corrected chi connectivity index (χ3v) is 6.32. The fraction of sp³-hybridized carbons (Fsp3) is 0.438. The first kappa shape index (κ1) is 15.0. The summed E-state index contributed by atoms with van der Waals surface area (Å²) in [6.45, 7) is 1.94. The number of rotatable bonds is 4. The molecule has 0 saturated heterocycles. The van der Waals surface area contributed by atoms with E-state index < -0.39 is 0 Å². The molecule has 1 aliphatic carbocycles. The highest BCUT2D eigenvalue weighted by Gasteiger charge is 2.23. The third kappa shape index (κ3) is 2.83. The smallest absolute Gasteiger partial charge is 0.233 e. The number of carbonyl (C=O) groups excluding carboxylic acids is 1. The lowest BCUT2D eigenvalue weighted by atomic mass is 10.2. The summed E-state index contributed by atoms with van der Waals surface area (Å²) in [6, 6.07) is 8.54. The number of amides is 1. The molecule has 1 N–H and O–H groups in total. The Balaban J connectivity index is 1.55. The van der Waals surface area contributed by atoms with E-state index in [2.05, 4.69) is 27.6 Å². The minimum absolute atomic E-state index is 0.0955. The summed E-state index contributed by atoms with van der Waals surface area (Å²) >= 11 is 3.09. The lowest BCUT2D eigenvalue weighted by molar-refractivity contribution is -0.120. The van der Waals surface area contributed by atoms with E-state index in [1.54, 1.807) is 11.3 Å². The van der Waals surface area contributed by atoms with Gasteiger partial charge in [0.05, 0.1) is 15.5 Å². The van der Waals surface area contributed by atoms with Crippen molar-refractivity contribution < 1.29 is 4.79 Å². The highest BCUT2D eigenvalue weighted by atomic mass is 32.2. The van der Waals surface area contributed by atoms with E-state index in [9.17, 15) is 4.79 Å². The standard InChI is InChI=1S/C16H18N4OS2/c1-10(14(21)17-11-6-2-3-7-11)22-15-18-19-16-20(15)12-8-4-5-9-13(12)23-16/h4-5,8-11H,2-3,6-7H2,1H3,(H,17,21). The Morgan fingerprint density at radius 1 is 1.35 bits per heavy atom. The molecule has 0 radical (unpaired) electrons. The normalized spacial score (nSPS) is 17.1. The molecule has 1 atom stereocenters. The van der Waals surface area contributed by atoms with Gasteiger partial charge in [-0.3, -0.25) is 9.20 Å². The molecule has 0 aliphatic heterocycles. The maximum absolute atomic E-state index is 12.4. The molecule has 23 heavy (non-hydrogen) atoms. The SMILES string of the molecule is CC(Sc1nnc2sc3ccccc3n12)C(=O)NC1CCCC1.